The van der Waals surface area contributed by atoms with Crippen molar-refractivity contribution in [3.05, 3.63) is 0 Å². The summed E-state index contributed by atoms with van der Waals surface area (Å²) in [6.07, 6.45) is 68.2. The first-order valence-electron chi connectivity index (χ1n) is 28.7. The van der Waals surface area contributed by atoms with Gasteiger partial charge in [-0.15, -0.1) is 0 Å². The Morgan fingerprint density at radius 3 is 0.738 bits per heavy atom. The Morgan fingerprint density at radius 1 is 0.328 bits per heavy atom. The van der Waals surface area contributed by atoms with Crippen LogP contribution in [-0.4, -0.2) is 34.9 Å². The number of aliphatic hydroxyl groups is 2. The van der Waals surface area contributed by atoms with Crippen LogP contribution in [0.1, 0.15) is 341 Å². The van der Waals surface area contributed by atoms with Gasteiger partial charge in [0.2, 0.25) is 5.91 Å². The second-order valence-corrected chi connectivity index (χ2v) is 20.1. The van der Waals surface area contributed by atoms with Crippen molar-refractivity contribution < 1.29 is 15.0 Å². The molecule has 0 bridgehead atoms. The highest BCUT2D eigenvalue weighted by Crippen LogP contribution is 2.19. The molecule has 3 N–H and O–H groups in total. The van der Waals surface area contributed by atoms with Crippen molar-refractivity contribution >= 4 is 5.91 Å². The van der Waals surface area contributed by atoms with Crippen LogP contribution in [0.4, 0.5) is 0 Å². The maximum Gasteiger partial charge on any atom is 0.220 e. The summed E-state index contributed by atoms with van der Waals surface area (Å²) in [6, 6.07) is -0.531. The van der Waals surface area contributed by atoms with E-state index in [9.17, 15) is 15.0 Å². The van der Waals surface area contributed by atoms with Gasteiger partial charge in [-0.25, -0.2) is 0 Å². The number of rotatable bonds is 54. The molecule has 1 amide bonds. The summed E-state index contributed by atoms with van der Waals surface area (Å²) in [5.41, 5.74) is 0. The Kier molecular flexibility index (Phi) is 53.2. The fourth-order valence-corrected chi connectivity index (χ4v) is 9.48. The second kappa shape index (κ2) is 53.7. The maximum absolute atomic E-state index is 12.5. The van der Waals surface area contributed by atoms with E-state index < -0.39 is 12.1 Å². The SMILES string of the molecule is CCCCCCCCCCCCCCCCCCCCCCCCCCCCCCCCCCCC(=O)N[C@@H](CO)[C@H](O)CCCCCCCCCCCCCCCCCC. The molecule has 4 heteroatoms. The number of carbonyl (C=O) groups excluding carboxylic acids is 1. The molecule has 0 aromatic carbocycles. The zero-order valence-corrected chi connectivity index (χ0v) is 42.2. The summed E-state index contributed by atoms with van der Waals surface area (Å²) in [5, 5.41) is 23.3. The Balaban J connectivity index is 3.35. The summed E-state index contributed by atoms with van der Waals surface area (Å²) < 4.78 is 0. The lowest BCUT2D eigenvalue weighted by atomic mass is 10.0. The van der Waals surface area contributed by atoms with E-state index in [0.29, 0.717) is 12.8 Å². The van der Waals surface area contributed by atoms with E-state index in [1.54, 1.807) is 0 Å². The van der Waals surface area contributed by atoms with Crippen LogP contribution >= 0.6 is 0 Å². The van der Waals surface area contributed by atoms with Crippen molar-refractivity contribution in [1.82, 2.24) is 5.32 Å². The fourth-order valence-electron chi connectivity index (χ4n) is 9.48. The Hall–Kier alpha value is -0.610. The minimum absolute atomic E-state index is 0.0224. The Labute approximate surface area is 384 Å². The third kappa shape index (κ3) is 50.3. The van der Waals surface area contributed by atoms with Crippen LogP contribution in [0.3, 0.4) is 0 Å². The van der Waals surface area contributed by atoms with Crippen molar-refractivity contribution in [2.24, 2.45) is 0 Å². The third-order valence-corrected chi connectivity index (χ3v) is 13.9. The van der Waals surface area contributed by atoms with Gasteiger partial charge in [0.15, 0.2) is 0 Å². The highest BCUT2D eigenvalue weighted by molar-refractivity contribution is 5.76. The number of aliphatic hydroxyl groups excluding tert-OH is 2. The highest BCUT2D eigenvalue weighted by atomic mass is 16.3. The summed E-state index contributed by atoms with van der Waals surface area (Å²) in [5.74, 6) is -0.0224. The molecule has 0 aromatic heterocycles. The number of hydrogen-bond donors (Lipinski definition) is 3. The van der Waals surface area contributed by atoms with E-state index >= 15 is 0 Å². The summed E-state index contributed by atoms with van der Waals surface area (Å²) in [7, 11) is 0. The third-order valence-electron chi connectivity index (χ3n) is 13.9. The van der Waals surface area contributed by atoms with Gasteiger partial charge in [0, 0.05) is 6.42 Å². The molecule has 0 unspecified atom stereocenters. The first-order valence-corrected chi connectivity index (χ1v) is 28.7. The molecule has 0 heterocycles. The molecule has 4 nitrogen and oxygen atoms in total. The molecule has 0 rings (SSSR count). The molecule has 0 radical (unpaired) electrons. The first kappa shape index (κ1) is 60.4. The zero-order chi connectivity index (χ0) is 44.2. The fraction of sp³-hybridized carbons (Fsp3) is 0.982. The molecular formula is C57H115NO3. The zero-order valence-electron chi connectivity index (χ0n) is 42.2. The molecular weight excluding hydrogens is 747 g/mol. The highest BCUT2D eigenvalue weighted by Gasteiger charge is 2.20. The van der Waals surface area contributed by atoms with Crippen LogP contribution in [0.15, 0.2) is 0 Å². The molecule has 366 valence electrons. The van der Waals surface area contributed by atoms with Crippen molar-refractivity contribution in [1.29, 1.82) is 0 Å². The molecule has 0 saturated heterocycles. The lowest BCUT2D eigenvalue weighted by Crippen LogP contribution is -2.45. The van der Waals surface area contributed by atoms with E-state index in [0.717, 1.165) is 25.7 Å². The molecule has 0 aromatic rings. The van der Waals surface area contributed by atoms with Crippen LogP contribution in [0.25, 0.3) is 0 Å². The molecule has 0 aliphatic rings. The lowest BCUT2D eigenvalue weighted by molar-refractivity contribution is -0.123. The summed E-state index contributed by atoms with van der Waals surface area (Å²) in [6.45, 7) is 4.40. The van der Waals surface area contributed by atoms with E-state index in [4.69, 9.17) is 0 Å². The number of nitrogens with one attached hydrogen (secondary N) is 1. The molecule has 61 heavy (non-hydrogen) atoms. The standard InChI is InChI=1S/C57H115NO3/c1-3-5-7-9-11-13-15-17-19-21-22-23-24-25-26-27-28-29-30-31-32-33-34-35-36-37-39-41-43-45-47-49-51-53-57(61)58-55(54-59)56(60)52-50-48-46-44-42-40-38-20-18-16-14-12-10-8-6-4-2/h55-56,59-60H,3-54H2,1-2H3,(H,58,61)/t55-,56+/m0/s1. The largest absolute Gasteiger partial charge is 0.394 e. The number of unbranched alkanes of at least 4 members (excludes halogenated alkanes) is 47. The average Bonchev–Trinajstić information content (AvgIpc) is 3.26. The molecule has 0 fully saturated rings. The van der Waals surface area contributed by atoms with Gasteiger partial charge in [0.05, 0.1) is 18.8 Å². The number of amides is 1. The maximum atomic E-state index is 12.5. The Bertz CT molecular complexity index is 803. The van der Waals surface area contributed by atoms with Gasteiger partial charge in [0.1, 0.15) is 0 Å². The number of carbonyl (C=O) groups is 1. The van der Waals surface area contributed by atoms with Crippen molar-refractivity contribution in [3.63, 3.8) is 0 Å². The topological polar surface area (TPSA) is 69.6 Å². The minimum atomic E-state index is -0.654. The lowest BCUT2D eigenvalue weighted by Gasteiger charge is -2.22. The van der Waals surface area contributed by atoms with Crippen molar-refractivity contribution in [2.75, 3.05) is 6.61 Å². The predicted molar refractivity (Wildman–Crippen MR) is 272 cm³/mol. The molecule has 0 saturated carbocycles. The van der Waals surface area contributed by atoms with Crippen molar-refractivity contribution in [3.8, 4) is 0 Å². The van der Waals surface area contributed by atoms with E-state index in [-0.39, 0.29) is 12.5 Å². The summed E-state index contributed by atoms with van der Waals surface area (Å²) >= 11 is 0. The minimum Gasteiger partial charge on any atom is -0.394 e. The van der Waals surface area contributed by atoms with Gasteiger partial charge in [0.25, 0.3) is 0 Å². The van der Waals surface area contributed by atoms with Crippen LogP contribution in [-0.2, 0) is 4.79 Å². The van der Waals surface area contributed by atoms with Gasteiger partial charge in [-0.1, -0.05) is 322 Å². The van der Waals surface area contributed by atoms with Gasteiger partial charge >= 0.3 is 0 Å². The van der Waals surface area contributed by atoms with E-state index in [1.165, 1.54) is 289 Å². The van der Waals surface area contributed by atoms with E-state index in [2.05, 4.69) is 19.2 Å². The average molecular weight is 863 g/mol. The molecule has 0 aliphatic heterocycles. The number of hydrogen-bond acceptors (Lipinski definition) is 3. The molecule has 0 spiro atoms. The van der Waals surface area contributed by atoms with Crippen molar-refractivity contribution in [2.45, 2.75) is 353 Å². The van der Waals surface area contributed by atoms with Crippen LogP contribution < -0.4 is 5.32 Å². The normalized spacial score (nSPS) is 12.7. The predicted octanol–water partition coefficient (Wildman–Crippen LogP) is 18.8. The smallest absolute Gasteiger partial charge is 0.220 e. The summed E-state index contributed by atoms with van der Waals surface area (Å²) in [4.78, 5) is 12.5. The monoisotopic (exact) mass is 862 g/mol. The van der Waals surface area contributed by atoms with Crippen LogP contribution in [0, 0.1) is 0 Å². The van der Waals surface area contributed by atoms with Crippen LogP contribution in [0.5, 0.6) is 0 Å². The molecule has 0 aliphatic carbocycles. The molecule has 2 atom stereocenters. The quantitative estimate of drug-likeness (QED) is 0.0534. The Morgan fingerprint density at radius 2 is 0.525 bits per heavy atom. The van der Waals surface area contributed by atoms with Gasteiger partial charge in [-0.3, -0.25) is 4.79 Å². The van der Waals surface area contributed by atoms with Crippen LogP contribution in [0.2, 0.25) is 0 Å². The van der Waals surface area contributed by atoms with Gasteiger partial charge in [-0.05, 0) is 12.8 Å². The van der Waals surface area contributed by atoms with Gasteiger partial charge < -0.3 is 15.5 Å². The van der Waals surface area contributed by atoms with Gasteiger partial charge in [-0.2, -0.15) is 0 Å². The first-order chi connectivity index (χ1) is 30.2. The van der Waals surface area contributed by atoms with E-state index in [1.807, 2.05) is 0 Å². The second-order valence-electron chi connectivity index (χ2n) is 20.1.